The van der Waals surface area contributed by atoms with Crippen LogP contribution in [0.5, 0.6) is 5.75 Å². The van der Waals surface area contributed by atoms with E-state index in [4.69, 9.17) is 4.74 Å². The number of nitrogens with one attached hydrogen (secondary N) is 1. The van der Waals surface area contributed by atoms with Gasteiger partial charge < -0.3 is 10.1 Å². The monoisotopic (exact) mass is 219 g/mol. The van der Waals surface area contributed by atoms with Crippen LogP contribution in [0.2, 0.25) is 0 Å². The molecule has 1 N–H and O–H groups in total. The highest BCUT2D eigenvalue weighted by Crippen LogP contribution is 2.23. The Labute approximate surface area is 98.3 Å². The normalized spacial score (nSPS) is 10.0. The number of para-hydroxylation sites is 1. The first-order valence-corrected chi connectivity index (χ1v) is 5.64. The van der Waals surface area contributed by atoms with Crippen molar-refractivity contribution in [1.29, 1.82) is 0 Å². The van der Waals surface area contributed by atoms with Crippen LogP contribution < -0.4 is 10.1 Å². The highest BCUT2D eigenvalue weighted by atomic mass is 16.5. The second-order valence-electron chi connectivity index (χ2n) is 4.19. The summed E-state index contributed by atoms with van der Waals surface area (Å²) in [6.45, 7) is 7.72. The van der Waals surface area contributed by atoms with Crippen LogP contribution in [-0.4, -0.2) is 13.7 Å². The van der Waals surface area contributed by atoms with Crippen LogP contribution in [0, 0.1) is 6.92 Å². The molecule has 1 aromatic carbocycles. The summed E-state index contributed by atoms with van der Waals surface area (Å²) >= 11 is 0. The van der Waals surface area contributed by atoms with Gasteiger partial charge in [-0.2, -0.15) is 0 Å². The Hall–Kier alpha value is -1.28. The number of allylic oxidation sites excluding steroid dienone is 1. The quantitative estimate of drug-likeness (QED) is 0.768. The summed E-state index contributed by atoms with van der Waals surface area (Å²) in [7, 11) is 1.95. The summed E-state index contributed by atoms with van der Waals surface area (Å²) in [6.07, 6.45) is 2.09. The Morgan fingerprint density at radius 1 is 1.38 bits per heavy atom. The van der Waals surface area contributed by atoms with E-state index in [2.05, 4.69) is 50.4 Å². The predicted octanol–water partition coefficient (Wildman–Crippen LogP) is 3.06. The number of hydrogen-bond donors (Lipinski definition) is 1. The van der Waals surface area contributed by atoms with Gasteiger partial charge in [0.25, 0.3) is 0 Å². The van der Waals surface area contributed by atoms with Crippen molar-refractivity contribution in [3.63, 3.8) is 0 Å². The lowest BCUT2D eigenvalue weighted by atomic mass is 10.1. The second kappa shape index (κ2) is 6.33. The zero-order valence-corrected chi connectivity index (χ0v) is 10.6. The molecular weight excluding hydrogens is 198 g/mol. The van der Waals surface area contributed by atoms with E-state index < -0.39 is 0 Å². The maximum Gasteiger partial charge on any atom is 0.127 e. The van der Waals surface area contributed by atoms with Crippen molar-refractivity contribution in [2.75, 3.05) is 13.7 Å². The highest BCUT2D eigenvalue weighted by Gasteiger charge is 2.05. The second-order valence-corrected chi connectivity index (χ2v) is 4.19. The molecule has 0 atom stereocenters. The molecule has 1 aromatic rings. The lowest BCUT2D eigenvalue weighted by Crippen LogP contribution is -2.08. The first-order chi connectivity index (χ1) is 7.65. The van der Waals surface area contributed by atoms with Crippen LogP contribution in [0.3, 0.4) is 0 Å². The fourth-order valence-electron chi connectivity index (χ4n) is 1.54. The molecule has 0 saturated carbocycles. The molecule has 0 fully saturated rings. The van der Waals surface area contributed by atoms with Crippen molar-refractivity contribution >= 4 is 0 Å². The Morgan fingerprint density at radius 3 is 2.75 bits per heavy atom. The average Bonchev–Trinajstić information content (AvgIpc) is 2.22. The van der Waals surface area contributed by atoms with E-state index in [1.165, 1.54) is 16.7 Å². The van der Waals surface area contributed by atoms with Crippen molar-refractivity contribution in [1.82, 2.24) is 5.32 Å². The van der Waals surface area contributed by atoms with Crippen LogP contribution >= 0.6 is 0 Å². The molecule has 0 amide bonds. The maximum absolute atomic E-state index is 5.81. The van der Waals surface area contributed by atoms with Gasteiger partial charge in [0.15, 0.2) is 0 Å². The number of ether oxygens (including phenoxy) is 1. The molecule has 2 heteroatoms. The van der Waals surface area contributed by atoms with E-state index in [-0.39, 0.29) is 0 Å². The summed E-state index contributed by atoms with van der Waals surface area (Å²) < 4.78 is 5.81. The minimum Gasteiger partial charge on any atom is -0.489 e. The topological polar surface area (TPSA) is 21.3 Å². The number of benzene rings is 1. The lowest BCUT2D eigenvalue weighted by Gasteiger charge is -2.12. The van der Waals surface area contributed by atoms with E-state index >= 15 is 0 Å². The standard InChI is InChI=1S/C14H21NO/c1-11(2)8-9-16-14-12(3)6-5-7-13(14)10-15-4/h5-8,15H,9-10H2,1-4H3. The Balaban J connectivity index is 2.79. The molecule has 0 aliphatic carbocycles. The zero-order valence-electron chi connectivity index (χ0n) is 10.6. The van der Waals surface area contributed by atoms with Crippen molar-refractivity contribution < 1.29 is 4.74 Å². The van der Waals surface area contributed by atoms with Crippen molar-refractivity contribution in [2.24, 2.45) is 0 Å². The molecule has 88 valence electrons. The van der Waals surface area contributed by atoms with E-state index in [1.807, 2.05) is 7.05 Å². The lowest BCUT2D eigenvalue weighted by molar-refractivity contribution is 0.354. The molecule has 0 bridgehead atoms. The molecule has 0 aliphatic rings. The van der Waals surface area contributed by atoms with E-state index in [0.29, 0.717) is 6.61 Å². The molecular formula is C14H21NO. The van der Waals surface area contributed by atoms with Gasteiger partial charge >= 0.3 is 0 Å². The van der Waals surface area contributed by atoms with Crippen molar-refractivity contribution in [3.8, 4) is 5.75 Å². The molecule has 0 aromatic heterocycles. The van der Waals surface area contributed by atoms with Gasteiger partial charge in [-0.3, -0.25) is 0 Å². The summed E-state index contributed by atoms with van der Waals surface area (Å²) in [5.74, 6) is 1.01. The third-order valence-electron chi connectivity index (χ3n) is 2.38. The highest BCUT2D eigenvalue weighted by molar-refractivity contribution is 5.40. The predicted molar refractivity (Wildman–Crippen MR) is 68.9 cm³/mol. The summed E-state index contributed by atoms with van der Waals surface area (Å²) in [6, 6.07) is 6.24. The third-order valence-corrected chi connectivity index (χ3v) is 2.38. The fourth-order valence-corrected chi connectivity index (χ4v) is 1.54. The van der Waals surface area contributed by atoms with Gasteiger partial charge in [0.05, 0.1) is 0 Å². The largest absolute Gasteiger partial charge is 0.489 e. The zero-order chi connectivity index (χ0) is 12.0. The summed E-state index contributed by atoms with van der Waals surface area (Å²) in [5.41, 5.74) is 3.68. The minimum atomic E-state index is 0.643. The molecule has 0 radical (unpaired) electrons. The Morgan fingerprint density at radius 2 is 2.12 bits per heavy atom. The van der Waals surface area contributed by atoms with Crippen molar-refractivity contribution in [2.45, 2.75) is 27.3 Å². The molecule has 1 rings (SSSR count). The Kier molecular flexibility index (Phi) is 5.06. The molecule has 0 spiro atoms. The average molecular weight is 219 g/mol. The number of rotatable bonds is 5. The van der Waals surface area contributed by atoms with Crippen LogP contribution in [0.1, 0.15) is 25.0 Å². The summed E-state index contributed by atoms with van der Waals surface area (Å²) in [4.78, 5) is 0. The van der Waals surface area contributed by atoms with Gasteiger partial charge in [-0.15, -0.1) is 0 Å². The van der Waals surface area contributed by atoms with Crippen LogP contribution in [0.4, 0.5) is 0 Å². The molecule has 2 nitrogen and oxygen atoms in total. The van der Waals surface area contributed by atoms with Gasteiger partial charge in [0.2, 0.25) is 0 Å². The first kappa shape index (κ1) is 12.8. The maximum atomic E-state index is 5.81. The molecule has 0 aliphatic heterocycles. The van der Waals surface area contributed by atoms with Gasteiger partial charge in [-0.05, 0) is 39.5 Å². The number of hydrogen-bond acceptors (Lipinski definition) is 2. The molecule has 0 heterocycles. The SMILES string of the molecule is CNCc1cccc(C)c1OCC=C(C)C. The van der Waals surface area contributed by atoms with Gasteiger partial charge in [0.1, 0.15) is 12.4 Å². The van der Waals surface area contributed by atoms with E-state index in [1.54, 1.807) is 0 Å². The minimum absolute atomic E-state index is 0.643. The van der Waals surface area contributed by atoms with Crippen LogP contribution in [0.15, 0.2) is 29.8 Å². The van der Waals surface area contributed by atoms with E-state index in [0.717, 1.165) is 12.3 Å². The fraction of sp³-hybridized carbons (Fsp3) is 0.429. The van der Waals surface area contributed by atoms with Gasteiger partial charge in [0, 0.05) is 12.1 Å². The smallest absolute Gasteiger partial charge is 0.127 e. The molecule has 0 saturated heterocycles. The van der Waals surface area contributed by atoms with Crippen LogP contribution in [-0.2, 0) is 6.54 Å². The van der Waals surface area contributed by atoms with E-state index in [9.17, 15) is 0 Å². The molecule has 0 unspecified atom stereocenters. The van der Waals surface area contributed by atoms with Gasteiger partial charge in [-0.1, -0.05) is 23.8 Å². The first-order valence-electron chi connectivity index (χ1n) is 5.64. The van der Waals surface area contributed by atoms with Gasteiger partial charge in [-0.25, -0.2) is 0 Å². The third kappa shape index (κ3) is 3.70. The Bertz CT molecular complexity index is 365. The molecule has 16 heavy (non-hydrogen) atoms. The van der Waals surface area contributed by atoms with Crippen LogP contribution in [0.25, 0.3) is 0 Å². The van der Waals surface area contributed by atoms with Crippen molar-refractivity contribution in [3.05, 3.63) is 41.0 Å². The number of aryl methyl sites for hydroxylation is 1. The summed E-state index contributed by atoms with van der Waals surface area (Å²) in [5, 5.41) is 3.16.